The van der Waals surface area contributed by atoms with Gasteiger partial charge < -0.3 is 38.5 Å². The minimum Gasteiger partial charge on any atom is -0.371 e. The fourth-order valence-corrected chi connectivity index (χ4v) is 23.5. The van der Waals surface area contributed by atoms with Crippen LogP contribution in [0.4, 0.5) is 11.4 Å². The number of pyridine rings is 1. The lowest BCUT2D eigenvalue weighted by Gasteiger charge is -2.41. The van der Waals surface area contributed by atoms with Crippen molar-refractivity contribution in [3.8, 4) is 32.8 Å². The minimum absolute atomic E-state index is 0.00521. The molecule has 10 N–H and O–H groups in total. The van der Waals surface area contributed by atoms with Crippen molar-refractivity contribution < 1.29 is 24.0 Å². The molecule has 29 heteroatoms. The molecule has 0 spiro atoms. The molecule has 10 aliphatic rings. The zero-order valence-electron chi connectivity index (χ0n) is 81.0. The molecule has 22 rings (SSSR count). The van der Waals surface area contributed by atoms with E-state index >= 15 is 0 Å². The largest absolute Gasteiger partial charge is 0.371 e. The second-order valence-electron chi connectivity index (χ2n) is 39.6. The molecule has 140 heavy (non-hydrogen) atoms. The number of rotatable bonds is 18. The number of aromatic nitrogens is 3. The maximum atomic E-state index is 13.9. The first-order valence-corrected chi connectivity index (χ1v) is 51.1. The van der Waals surface area contributed by atoms with Crippen molar-refractivity contribution in [3.63, 3.8) is 0 Å². The number of aryl methyl sites for hydroxylation is 1. The number of aliphatic imine (C=N–C) groups is 5. The minimum atomic E-state index is -1.17. The lowest BCUT2D eigenvalue weighted by molar-refractivity contribution is -0.135. The Morgan fingerprint density at radius 3 is 1.41 bits per heavy atom. The predicted molar refractivity (Wildman–Crippen MR) is 563 cm³/mol. The van der Waals surface area contributed by atoms with Crippen LogP contribution in [0, 0.1) is 30.6 Å². The summed E-state index contributed by atoms with van der Waals surface area (Å²) in [4.78, 5) is 117. The first-order valence-electron chi connectivity index (χ1n) is 48.1. The third-order valence-corrected chi connectivity index (χ3v) is 32.9. The Kier molecular flexibility index (Phi) is 27.4. The van der Waals surface area contributed by atoms with Crippen LogP contribution < -0.4 is 38.5 Å². The van der Waals surface area contributed by atoms with E-state index in [9.17, 15) is 24.0 Å². The number of hydrogen-bond donors (Lipinski definition) is 5. The summed E-state index contributed by atoms with van der Waals surface area (Å²) in [5, 5.41) is 6.62. The zero-order valence-corrected chi connectivity index (χ0v) is 84.2. The van der Waals surface area contributed by atoms with Crippen molar-refractivity contribution >= 4 is 116 Å². The summed E-state index contributed by atoms with van der Waals surface area (Å²) in [5.41, 5.74) is 44.9. The molecule has 5 amide bonds. The van der Waals surface area contributed by atoms with E-state index in [2.05, 4.69) is 203 Å². The molecule has 5 aromatic heterocycles. The number of halogens is 1. The number of carbonyl (C=O) groups is 5. The van der Waals surface area contributed by atoms with Crippen LogP contribution in [0.2, 0.25) is 5.15 Å². The van der Waals surface area contributed by atoms with Gasteiger partial charge in [-0.05, 0) is 259 Å². The maximum absolute atomic E-state index is 13.9. The second kappa shape index (κ2) is 39.6. The number of thiophene rings is 3. The quantitative estimate of drug-likeness (QED) is 0.0499. The van der Waals surface area contributed by atoms with Gasteiger partial charge in [-0.3, -0.25) is 53.5 Å². The van der Waals surface area contributed by atoms with E-state index in [1.54, 1.807) is 74.2 Å². The molecule has 5 fully saturated rings. The molecule has 7 aliphatic heterocycles. The summed E-state index contributed by atoms with van der Waals surface area (Å²) in [6.07, 6.45) is 15.0. The fraction of sp³-hybridized carbons (Fsp3) is 0.342. The van der Waals surface area contributed by atoms with E-state index in [1.165, 1.54) is 109 Å². The summed E-state index contributed by atoms with van der Waals surface area (Å²) < 4.78 is 0. The lowest BCUT2D eigenvalue weighted by Crippen LogP contribution is -2.54. The summed E-state index contributed by atoms with van der Waals surface area (Å²) in [6.45, 7) is 19.4. The van der Waals surface area contributed by atoms with Gasteiger partial charge in [0.05, 0.1) is 36.4 Å². The topological polar surface area (TPSA) is 339 Å². The number of benzene rings is 7. The number of likely N-dealkylation sites (N-methyl/N-ethyl adjacent to an activating group) is 2. The van der Waals surface area contributed by atoms with Crippen LogP contribution in [0.3, 0.4) is 0 Å². The van der Waals surface area contributed by atoms with Gasteiger partial charge in [-0.1, -0.05) is 177 Å². The van der Waals surface area contributed by atoms with Crippen LogP contribution in [0.15, 0.2) is 278 Å². The number of anilines is 2. The molecule has 0 bridgehead atoms. The Morgan fingerprint density at radius 1 is 0.429 bits per heavy atom. The average molecular weight is 1950 g/mol. The number of amides is 5. The Balaban J connectivity index is 0.000000117. The SMILES string of the molecule is CN1C(=O)C[C@@](C)(c2cc(-c3cc(Cl)ncn3)cs2)N=C1N.CN1C(=O)[C@@H](C2CC2)[C@@](C)(c2cc(-c3ccncc3)cs2)N=C1N.C[C@H]1CCN(c2cccc([C@@]3(C)N=C(N)N(C)C(=O)[C@@H]3c3ccc(C4CC4)cc3)c2)C1.C[C@H]1CCN(c2cccc([C@@]3(C)N=C(N)N(C)C(=O)[C@H]3c3ccc(C4CC4)cc3)c2)C1.Cc1csc(-c2cccc(CN3C(=O)C(c4ccccc4)(c4ccccc4)N=C3N)c2)c1. The molecular formula is C111H121ClN20O5S3. The number of nitrogens with zero attached hydrogens (tertiary/aromatic N) is 15. The Morgan fingerprint density at radius 2 is 0.914 bits per heavy atom. The molecular weight excluding hydrogens is 1830 g/mol. The molecule has 2 saturated heterocycles. The lowest BCUT2D eigenvalue weighted by atomic mass is 9.74. The van der Waals surface area contributed by atoms with Gasteiger partial charge in [-0.2, -0.15) is 0 Å². The normalized spacial score (nSPS) is 24.3. The first-order chi connectivity index (χ1) is 67.2. The van der Waals surface area contributed by atoms with E-state index in [0.29, 0.717) is 47.2 Å². The van der Waals surface area contributed by atoms with Gasteiger partial charge in [0, 0.05) is 110 Å². The summed E-state index contributed by atoms with van der Waals surface area (Å²) >= 11 is 10.8. The van der Waals surface area contributed by atoms with Crippen LogP contribution >= 0.6 is 45.6 Å². The first kappa shape index (κ1) is 96.7. The monoisotopic (exact) mass is 1940 g/mol. The van der Waals surface area contributed by atoms with E-state index in [0.717, 1.165) is 116 Å². The second-order valence-corrected chi connectivity index (χ2v) is 42.7. The van der Waals surface area contributed by atoms with Crippen LogP contribution in [0.1, 0.15) is 188 Å². The number of carbonyl (C=O) groups excluding carboxylic acids is 5. The van der Waals surface area contributed by atoms with Crippen molar-refractivity contribution in [2.24, 2.45) is 77.3 Å². The molecule has 7 aromatic carbocycles. The van der Waals surface area contributed by atoms with Gasteiger partial charge >= 0.3 is 0 Å². The van der Waals surface area contributed by atoms with Gasteiger partial charge in [-0.15, -0.1) is 34.0 Å². The number of hydrogen-bond acceptors (Lipinski definition) is 23. The maximum Gasteiger partial charge on any atom is 0.266 e. The van der Waals surface area contributed by atoms with Crippen molar-refractivity contribution in [1.82, 2.24) is 39.5 Å². The van der Waals surface area contributed by atoms with Crippen molar-refractivity contribution in [3.05, 3.63) is 324 Å². The van der Waals surface area contributed by atoms with E-state index in [4.69, 9.17) is 60.2 Å². The summed E-state index contributed by atoms with van der Waals surface area (Å²) in [7, 11) is 6.78. The van der Waals surface area contributed by atoms with Gasteiger partial charge in [-0.25, -0.2) is 34.9 Å². The van der Waals surface area contributed by atoms with Crippen LogP contribution in [0.25, 0.3) is 32.8 Å². The third-order valence-electron chi connectivity index (χ3n) is 29.2. The molecule has 0 radical (unpaired) electrons. The Hall–Kier alpha value is -13.5. The number of nitrogens with two attached hydrogens (primary N) is 5. The molecule has 720 valence electrons. The molecule has 3 saturated carbocycles. The molecule has 9 atom stereocenters. The fourth-order valence-electron chi connectivity index (χ4n) is 20.4. The smallest absolute Gasteiger partial charge is 0.266 e. The van der Waals surface area contributed by atoms with E-state index < -0.39 is 39.5 Å². The Labute approximate surface area is 836 Å². The summed E-state index contributed by atoms with van der Waals surface area (Å²) in [5.74, 6) is 3.48. The predicted octanol–water partition coefficient (Wildman–Crippen LogP) is 18.8. The third kappa shape index (κ3) is 19.7. The van der Waals surface area contributed by atoms with Gasteiger partial charge in [0.15, 0.2) is 35.3 Å². The standard InChI is InChI=1S/C27H23N3OS.2C26H32N4O.C18H20N4OS.C14H14ClN5OS/c1-19-15-24(32-18-19)21-10-8-9-20(16-21)17-30-25(31)27(29-26(30)28,22-11-4-2-5-12-22)23-13-6-3-7-14-23;2*1-17-13-14-30(16-17)22-6-4-5-21(15-22)26(2)23(24(31)29(3)25(27)28-26)20-11-9-19(10-12-20)18-7-8-18;1-18(14-9-13(10-24-14)11-5-7-20-8-6-11)15(12-3-4-12)16(23)22(2)17(19)21-18;1-14(5-12(21)20(2)13(16)19-14)10-3-8(6-22-10)9-4-11(15)18-7-17-9/h2-16,18H,17H2,1H3,(H2,28,29);2*4-6,9-12,15,17-18,23H,7-8,13-14,16H2,1-3H3,(H2,27,28);5-10,12,15H,3-4H2,1-2H3,(H2,19,21);3-4,6-7H,5H2,1-2H3,(H2,16,19)/t;17-,23+,26+;17-,23-,26+;15-,18-;14-/m.0010/s1. The van der Waals surface area contributed by atoms with Crippen LogP contribution in [-0.4, -0.2) is 153 Å². The molecule has 12 heterocycles. The van der Waals surface area contributed by atoms with Crippen LogP contribution in [0.5, 0.6) is 0 Å². The van der Waals surface area contributed by atoms with Gasteiger partial charge in [0.25, 0.3) is 5.91 Å². The zero-order chi connectivity index (χ0) is 98.4. The highest BCUT2D eigenvalue weighted by atomic mass is 35.5. The highest BCUT2D eigenvalue weighted by Gasteiger charge is 2.56. The van der Waals surface area contributed by atoms with Crippen molar-refractivity contribution in [2.75, 3.05) is 64.2 Å². The van der Waals surface area contributed by atoms with E-state index in [1.807, 2.05) is 103 Å². The summed E-state index contributed by atoms with van der Waals surface area (Å²) in [6, 6.07) is 73.8. The van der Waals surface area contributed by atoms with Crippen LogP contribution in [-0.2, 0) is 58.2 Å². The average Bonchev–Trinajstić information content (AvgIpc) is 1.50. The van der Waals surface area contributed by atoms with Crippen molar-refractivity contribution in [2.45, 2.75) is 164 Å². The molecule has 0 unspecified atom stereocenters. The molecule has 25 nitrogen and oxygen atoms in total. The number of guanidine groups is 5. The highest BCUT2D eigenvalue weighted by molar-refractivity contribution is 7.13. The molecule has 3 aliphatic carbocycles. The Bertz CT molecular complexity index is 6590. The van der Waals surface area contributed by atoms with E-state index in [-0.39, 0.29) is 65.7 Å². The van der Waals surface area contributed by atoms with Gasteiger partial charge in [0.2, 0.25) is 23.6 Å². The van der Waals surface area contributed by atoms with Crippen molar-refractivity contribution in [1.29, 1.82) is 0 Å². The molecule has 12 aromatic rings. The van der Waals surface area contributed by atoms with Gasteiger partial charge in [0.1, 0.15) is 33.6 Å². The highest BCUT2D eigenvalue weighted by Crippen LogP contribution is 2.54.